The molecule has 0 saturated carbocycles. The summed E-state index contributed by atoms with van der Waals surface area (Å²) in [4.78, 5) is 38.8. The van der Waals surface area contributed by atoms with Crippen LogP contribution < -0.4 is 10.2 Å². The number of amides is 2. The first kappa shape index (κ1) is 15.2. The number of likely N-dealkylation sites (N-methyl/N-ethyl adjacent to an activating group) is 1. The number of benzene rings is 1. The van der Waals surface area contributed by atoms with Gasteiger partial charge >= 0.3 is 0 Å². The molecule has 6 nitrogen and oxygen atoms in total. The summed E-state index contributed by atoms with van der Waals surface area (Å²) in [6.45, 7) is 4.21. The lowest BCUT2D eigenvalue weighted by Crippen LogP contribution is -3.12. The van der Waals surface area contributed by atoms with Crippen LogP contribution in [0.4, 0.5) is 5.69 Å². The number of anilines is 1. The van der Waals surface area contributed by atoms with Gasteiger partial charge < -0.3 is 15.1 Å². The van der Waals surface area contributed by atoms with Gasteiger partial charge in [0.25, 0.3) is 11.7 Å². The zero-order chi connectivity index (χ0) is 15.4. The van der Waals surface area contributed by atoms with E-state index in [0.29, 0.717) is 18.8 Å². The number of ketones is 1. The smallest absolute Gasteiger partial charge is 0.295 e. The van der Waals surface area contributed by atoms with E-state index < -0.39 is 11.7 Å². The number of piperazine rings is 1. The van der Waals surface area contributed by atoms with Crippen LogP contribution in [0.15, 0.2) is 24.3 Å². The predicted molar refractivity (Wildman–Crippen MR) is 78.3 cm³/mol. The summed E-state index contributed by atoms with van der Waals surface area (Å²) in [5.74, 6) is -1.34. The maximum absolute atomic E-state index is 12.4. The molecule has 1 aliphatic rings. The quantitative estimate of drug-likeness (QED) is 0.565. The lowest BCUT2D eigenvalue weighted by Gasteiger charge is -2.29. The number of nitrogens with one attached hydrogen (secondary N) is 2. The Balaban J connectivity index is 2.16. The molecule has 2 N–H and O–H groups in total. The first-order valence-corrected chi connectivity index (χ1v) is 7.00. The monoisotopic (exact) mass is 290 g/mol. The van der Waals surface area contributed by atoms with Crippen LogP contribution in [0.5, 0.6) is 0 Å². The Bertz CT molecular complexity index is 563. The summed E-state index contributed by atoms with van der Waals surface area (Å²) in [5.41, 5.74) is 0.618. The van der Waals surface area contributed by atoms with Crippen molar-refractivity contribution in [3.8, 4) is 0 Å². The van der Waals surface area contributed by atoms with E-state index >= 15 is 0 Å². The average Bonchev–Trinajstić information content (AvgIpc) is 2.46. The highest BCUT2D eigenvalue weighted by molar-refractivity contribution is 6.44. The maximum atomic E-state index is 12.4. The average molecular weight is 290 g/mol. The zero-order valence-electron chi connectivity index (χ0n) is 12.3. The minimum Gasteiger partial charge on any atom is -0.334 e. The molecule has 0 unspecified atom stereocenters. The van der Waals surface area contributed by atoms with E-state index in [0.717, 1.165) is 13.1 Å². The van der Waals surface area contributed by atoms with Gasteiger partial charge in [0.2, 0.25) is 5.91 Å². The number of quaternary nitrogens is 1. The van der Waals surface area contributed by atoms with Gasteiger partial charge in [0.15, 0.2) is 0 Å². The van der Waals surface area contributed by atoms with Gasteiger partial charge in [-0.2, -0.15) is 0 Å². The van der Waals surface area contributed by atoms with Crippen molar-refractivity contribution in [1.82, 2.24) is 4.90 Å². The van der Waals surface area contributed by atoms with Crippen molar-refractivity contribution in [3.05, 3.63) is 29.8 Å². The zero-order valence-corrected chi connectivity index (χ0v) is 12.3. The number of nitrogens with zero attached hydrogens (tertiary/aromatic N) is 1. The Morgan fingerprint density at radius 3 is 2.38 bits per heavy atom. The normalized spacial score (nSPS) is 15.6. The molecule has 1 aromatic carbocycles. The Morgan fingerprint density at radius 2 is 1.76 bits per heavy atom. The topological polar surface area (TPSA) is 70.9 Å². The van der Waals surface area contributed by atoms with Crippen LogP contribution in [0.3, 0.4) is 0 Å². The van der Waals surface area contributed by atoms with Gasteiger partial charge in [-0.1, -0.05) is 12.1 Å². The molecule has 0 aromatic heterocycles. The van der Waals surface area contributed by atoms with Gasteiger partial charge in [-0.25, -0.2) is 0 Å². The van der Waals surface area contributed by atoms with Crippen LogP contribution in [0.1, 0.15) is 17.3 Å². The minimum absolute atomic E-state index is 0.240. The third kappa shape index (κ3) is 3.66. The predicted octanol–water partition coefficient (Wildman–Crippen LogP) is -0.815. The Labute approximate surface area is 123 Å². The Morgan fingerprint density at radius 1 is 1.14 bits per heavy atom. The summed E-state index contributed by atoms with van der Waals surface area (Å²) < 4.78 is 0. The fourth-order valence-corrected chi connectivity index (χ4v) is 2.33. The molecule has 2 amide bonds. The first-order chi connectivity index (χ1) is 9.99. The van der Waals surface area contributed by atoms with Crippen LogP contribution >= 0.6 is 0 Å². The van der Waals surface area contributed by atoms with E-state index in [1.807, 2.05) is 0 Å². The molecule has 112 valence electrons. The molecule has 0 bridgehead atoms. The van der Waals surface area contributed by atoms with Crippen LogP contribution in [-0.2, 0) is 9.59 Å². The van der Waals surface area contributed by atoms with Crippen LogP contribution in [0, 0.1) is 0 Å². The lowest BCUT2D eigenvalue weighted by atomic mass is 10.1. The number of Topliss-reactive ketones (excluding diaryl/α,β-unsaturated/α-hetero) is 1. The van der Waals surface area contributed by atoms with E-state index in [-0.39, 0.29) is 11.5 Å². The summed E-state index contributed by atoms with van der Waals surface area (Å²) in [5, 5.41) is 2.58. The van der Waals surface area contributed by atoms with Gasteiger partial charge in [0, 0.05) is 6.92 Å². The molecule has 0 aliphatic carbocycles. The van der Waals surface area contributed by atoms with E-state index in [9.17, 15) is 14.4 Å². The molecule has 1 aliphatic heterocycles. The minimum atomic E-state index is -0.570. The fourth-order valence-electron chi connectivity index (χ4n) is 2.33. The summed E-state index contributed by atoms with van der Waals surface area (Å²) in [6, 6.07) is 6.58. The number of hydrogen-bond donors (Lipinski definition) is 2. The second-order valence-corrected chi connectivity index (χ2v) is 5.31. The van der Waals surface area contributed by atoms with E-state index in [2.05, 4.69) is 12.4 Å². The van der Waals surface area contributed by atoms with Crippen LogP contribution in [0.2, 0.25) is 0 Å². The van der Waals surface area contributed by atoms with Crippen LogP contribution in [-0.4, -0.2) is 55.7 Å². The molecule has 0 spiro atoms. The van der Waals surface area contributed by atoms with Crippen molar-refractivity contribution in [2.75, 3.05) is 38.5 Å². The second kappa shape index (κ2) is 6.49. The third-order valence-electron chi connectivity index (χ3n) is 3.58. The van der Waals surface area contributed by atoms with Gasteiger partial charge in [0.05, 0.1) is 44.5 Å². The molecular formula is C15H20N3O3+. The fraction of sp³-hybridized carbons (Fsp3) is 0.400. The molecular weight excluding hydrogens is 270 g/mol. The van der Waals surface area contributed by atoms with Crippen molar-refractivity contribution >= 4 is 23.3 Å². The molecule has 21 heavy (non-hydrogen) atoms. The van der Waals surface area contributed by atoms with Crippen molar-refractivity contribution < 1.29 is 19.3 Å². The number of hydrogen-bond acceptors (Lipinski definition) is 3. The molecule has 2 rings (SSSR count). The number of carbonyl (C=O) groups excluding carboxylic acids is 3. The standard InChI is InChI=1S/C15H19N3O3/c1-11(19)16-13-6-4-3-5-12(13)14(20)15(21)18-9-7-17(2)8-10-18/h3-6H,7-10H2,1-2H3,(H,16,19)/p+1. The van der Waals surface area contributed by atoms with Crippen molar-refractivity contribution in [1.29, 1.82) is 0 Å². The summed E-state index contributed by atoms with van der Waals surface area (Å²) in [7, 11) is 2.07. The molecule has 1 saturated heterocycles. The molecule has 1 aromatic rings. The van der Waals surface area contributed by atoms with Crippen molar-refractivity contribution in [2.24, 2.45) is 0 Å². The van der Waals surface area contributed by atoms with Gasteiger partial charge in [0.1, 0.15) is 0 Å². The molecule has 6 heteroatoms. The number of carbonyl (C=O) groups is 3. The molecule has 1 heterocycles. The lowest BCUT2D eigenvalue weighted by molar-refractivity contribution is -0.883. The highest BCUT2D eigenvalue weighted by atomic mass is 16.2. The highest BCUT2D eigenvalue weighted by Gasteiger charge is 2.28. The Kier molecular flexibility index (Phi) is 4.70. The van der Waals surface area contributed by atoms with E-state index in [1.165, 1.54) is 11.8 Å². The first-order valence-electron chi connectivity index (χ1n) is 7.00. The van der Waals surface area contributed by atoms with Gasteiger partial charge in [-0.3, -0.25) is 14.4 Å². The highest BCUT2D eigenvalue weighted by Crippen LogP contribution is 2.16. The Hall–Kier alpha value is -2.21. The summed E-state index contributed by atoms with van der Waals surface area (Å²) in [6.07, 6.45) is 0. The molecule has 1 fully saturated rings. The number of para-hydroxylation sites is 1. The summed E-state index contributed by atoms with van der Waals surface area (Å²) >= 11 is 0. The van der Waals surface area contributed by atoms with Gasteiger partial charge in [-0.15, -0.1) is 0 Å². The third-order valence-corrected chi connectivity index (χ3v) is 3.58. The SMILES string of the molecule is CC(=O)Nc1ccccc1C(=O)C(=O)N1CC[NH+](C)CC1. The van der Waals surface area contributed by atoms with E-state index in [4.69, 9.17) is 0 Å². The van der Waals surface area contributed by atoms with Gasteiger partial charge in [-0.05, 0) is 12.1 Å². The van der Waals surface area contributed by atoms with Crippen LogP contribution in [0.25, 0.3) is 0 Å². The van der Waals surface area contributed by atoms with Crippen molar-refractivity contribution in [3.63, 3.8) is 0 Å². The van der Waals surface area contributed by atoms with Crippen molar-refractivity contribution in [2.45, 2.75) is 6.92 Å². The maximum Gasteiger partial charge on any atom is 0.295 e. The molecule has 0 atom stereocenters. The second-order valence-electron chi connectivity index (χ2n) is 5.31. The largest absolute Gasteiger partial charge is 0.334 e. The number of rotatable bonds is 3. The van der Waals surface area contributed by atoms with E-state index in [1.54, 1.807) is 29.2 Å². The molecule has 0 radical (unpaired) electrons.